The van der Waals surface area contributed by atoms with E-state index in [2.05, 4.69) is 15.4 Å². The van der Waals surface area contributed by atoms with E-state index in [9.17, 15) is 18.0 Å². The number of hydrogen-bond acceptors (Lipinski definition) is 3. The summed E-state index contributed by atoms with van der Waals surface area (Å²) >= 11 is 12.0. The van der Waals surface area contributed by atoms with E-state index < -0.39 is 17.8 Å². The summed E-state index contributed by atoms with van der Waals surface area (Å²) in [6.07, 6.45) is -3.68. The Balaban J connectivity index is 1.85. The molecule has 0 bridgehead atoms. The van der Waals surface area contributed by atoms with Gasteiger partial charge < -0.3 is 5.32 Å². The molecule has 0 aliphatic carbocycles. The van der Waals surface area contributed by atoms with Gasteiger partial charge in [-0.15, -0.1) is 0 Å². The molecule has 0 spiro atoms. The Morgan fingerprint density at radius 1 is 1.10 bits per heavy atom. The van der Waals surface area contributed by atoms with Crippen LogP contribution >= 0.6 is 23.2 Å². The second-order valence-electron chi connectivity index (χ2n) is 6.74. The number of halogens is 5. The highest BCUT2D eigenvalue weighted by atomic mass is 35.5. The highest BCUT2D eigenvalue weighted by molar-refractivity contribution is 6.44. The number of rotatable bonds is 3. The molecule has 0 atom stereocenters. The van der Waals surface area contributed by atoms with Crippen molar-refractivity contribution in [2.24, 2.45) is 0 Å². The normalized spacial score (nSPS) is 11.7. The summed E-state index contributed by atoms with van der Waals surface area (Å²) in [6, 6.07) is 12.4. The van der Waals surface area contributed by atoms with Gasteiger partial charge >= 0.3 is 6.18 Å². The van der Waals surface area contributed by atoms with Crippen LogP contribution in [0, 0.1) is 6.92 Å². The van der Waals surface area contributed by atoms with Crippen LogP contribution < -0.4 is 5.32 Å². The molecular formula is C21H13Cl2F3N4O. The largest absolute Gasteiger partial charge is 0.433 e. The van der Waals surface area contributed by atoms with Gasteiger partial charge in [0.25, 0.3) is 5.91 Å². The van der Waals surface area contributed by atoms with Crippen LogP contribution in [-0.4, -0.2) is 20.5 Å². The number of aryl methyl sites for hydroxylation is 1. The molecule has 0 aliphatic rings. The molecule has 158 valence electrons. The molecule has 4 rings (SSSR count). The number of carbonyl (C=O) groups is 1. The van der Waals surface area contributed by atoms with Crippen molar-refractivity contribution in [2.75, 3.05) is 5.32 Å². The lowest BCUT2D eigenvalue weighted by atomic mass is 10.1. The molecule has 31 heavy (non-hydrogen) atoms. The molecule has 0 fully saturated rings. The Kier molecular flexibility index (Phi) is 5.36. The number of nitrogens with one attached hydrogen (secondary N) is 1. The maximum atomic E-state index is 13.7. The molecule has 0 radical (unpaired) electrons. The van der Waals surface area contributed by atoms with Gasteiger partial charge in [-0.2, -0.15) is 18.3 Å². The minimum Gasteiger partial charge on any atom is -0.320 e. The Morgan fingerprint density at radius 3 is 2.48 bits per heavy atom. The second-order valence-corrected chi connectivity index (χ2v) is 7.52. The van der Waals surface area contributed by atoms with Crippen molar-refractivity contribution in [2.45, 2.75) is 13.1 Å². The molecule has 0 aliphatic heterocycles. The van der Waals surface area contributed by atoms with E-state index >= 15 is 0 Å². The van der Waals surface area contributed by atoms with E-state index in [-0.39, 0.29) is 32.6 Å². The lowest BCUT2D eigenvalue weighted by molar-refractivity contribution is -0.142. The first-order valence-electron chi connectivity index (χ1n) is 8.93. The fourth-order valence-corrected chi connectivity index (χ4v) is 3.33. The van der Waals surface area contributed by atoms with Crippen LogP contribution in [0.15, 0.2) is 54.7 Å². The number of hydrogen-bond donors (Lipinski definition) is 1. The van der Waals surface area contributed by atoms with Crippen LogP contribution in [0.5, 0.6) is 0 Å². The van der Waals surface area contributed by atoms with E-state index in [4.69, 9.17) is 23.2 Å². The summed E-state index contributed by atoms with van der Waals surface area (Å²) in [5, 5.41) is 6.62. The van der Waals surface area contributed by atoms with Crippen molar-refractivity contribution in [3.8, 4) is 11.3 Å². The third-order valence-corrected chi connectivity index (χ3v) is 5.37. The molecule has 1 amide bonds. The molecule has 10 heteroatoms. The number of anilines is 1. The highest BCUT2D eigenvalue weighted by Crippen LogP contribution is 2.34. The van der Waals surface area contributed by atoms with E-state index in [0.717, 1.165) is 17.8 Å². The number of amides is 1. The van der Waals surface area contributed by atoms with Crippen molar-refractivity contribution in [1.82, 2.24) is 14.6 Å². The van der Waals surface area contributed by atoms with Crippen LogP contribution in [0.1, 0.15) is 21.6 Å². The fourth-order valence-electron chi connectivity index (χ4n) is 2.99. The predicted octanol–water partition coefficient (Wildman–Crippen LogP) is 6.28. The molecule has 4 aromatic rings. The molecule has 0 saturated heterocycles. The van der Waals surface area contributed by atoms with E-state index in [1.165, 1.54) is 6.07 Å². The van der Waals surface area contributed by atoms with E-state index in [0.29, 0.717) is 10.1 Å². The topological polar surface area (TPSA) is 59.3 Å². The van der Waals surface area contributed by atoms with Crippen LogP contribution in [0.4, 0.5) is 18.9 Å². The number of alkyl halides is 3. The molecule has 0 saturated carbocycles. The quantitative estimate of drug-likeness (QED) is 0.387. The lowest BCUT2D eigenvalue weighted by Crippen LogP contribution is -2.16. The number of fused-ring (bicyclic) bond motifs is 1. The van der Waals surface area contributed by atoms with Gasteiger partial charge in [0.15, 0.2) is 11.3 Å². The Hall–Kier alpha value is -3.10. The third-order valence-electron chi connectivity index (χ3n) is 4.55. The molecule has 5 nitrogen and oxygen atoms in total. The summed E-state index contributed by atoms with van der Waals surface area (Å²) in [4.78, 5) is 17.1. The highest BCUT2D eigenvalue weighted by Gasteiger charge is 2.36. The molecule has 2 heterocycles. The summed E-state index contributed by atoms with van der Waals surface area (Å²) < 4.78 is 41.7. The predicted molar refractivity (Wildman–Crippen MR) is 113 cm³/mol. The smallest absolute Gasteiger partial charge is 0.320 e. The van der Waals surface area contributed by atoms with Gasteiger partial charge in [0.2, 0.25) is 0 Å². The van der Waals surface area contributed by atoms with Gasteiger partial charge in [-0.3, -0.25) is 4.79 Å². The molecule has 0 unspecified atom stereocenters. The number of carbonyl (C=O) groups excluding carboxylic acids is 1. The first-order chi connectivity index (χ1) is 14.6. The zero-order valence-electron chi connectivity index (χ0n) is 15.8. The second kappa shape index (κ2) is 7.86. The number of nitrogens with zero attached hydrogens (tertiary/aromatic N) is 3. The average Bonchev–Trinajstić information content (AvgIpc) is 3.14. The SMILES string of the molecule is Cc1ccc(-c2cc(C(F)(F)F)n3ncc(C(=O)Nc4cccc(Cl)c4Cl)c3n2)cc1. The van der Waals surface area contributed by atoms with Crippen LogP contribution in [0.2, 0.25) is 10.0 Å². The zero-order valence-corrected chi connectivity index (χ0v) is 17.3. The summed E-state index contributed by atoms with van der Waals surface area (Å²) in [6.45, 7) is 1.86. The molecular weight excluding hydrogens is 452 g/mol. The van der Waals surface area contributed by atoms with Gasteiger partial charge in [0, 0.05) is 5.56 Å². The summed E-state index contributed by atoms with van der Waals surface area (Å²) in [5.41, 5.74) is 0.275. The molecule has 1 N–H and O–H groups in total. The van der Waals surface area contributed by atoms with Crippen molar-refractivity contribution in [3.63, 3.8) is 0 Å². The van der Waals surface area contributed by atoms with Gasteiger partial charge in [0.1, 0.15) is 5.56 Å². The maximum absolute atomic E-state index is 13.7. The van der Waals surface area contributed by atoms with Crippen LogP contribution in [-0.2, 0) is 6.18 Å². The Labute approximate surface area is 184 Å². The van der Waals surface area contributed by atoms with Crippen molar-refractivity contribution >= 4 is 40.4 Å². The minimum atomic E-state index is -4.71. The van der Waals surface area contributed by atoms with Crippen LogP contribution in [0.3, 0.4) is 0 Å². The first-order valence-corrected chi connectivity index (χ1v) is 9.69. The average molecular weight is 465 g/mol. The van der Waals surface area contributed by atoms with Crippen molar-refractivity contribution in [1.29, 1.82) is 0 Å². The maximum Gasteiger partial charge on any atom is 0.433 e. The monoisotopic (exact) mass is 464 g/mol. The van der Waals surface area contributed by atoms with Gasteiger partial charge in [0.05, 0.1) is 27.6 Å². The van der Waals surface area contributed by atoms with E-state index in [1.54, 1.807) is 36.4 Å². The summed E-state index contributed by atoms with van der Waals surface area (Å²) in [5.74, 6) is -0.721. The van der Waals surface area contributed by atoms with E-state index in [1.807, 2.05) is 6.92 Å². The minimum absolute atomic E-state index is 0.0650. The van der Waals surface area contributed by atoms with Gasteiger partial charge in [-0.25, -0.2) is 9.50 Å². The lowest BCUT2D eigenvalue weighted by Gasteiger charge is -2.12. The summed E-state index contributed by atoms with van der Waals surface area (Å²) in [7, 11) is 0. The van der Waals surface area contributed by atoms with Gasteiger partial charge in [-0.05, 0) is 25.1 Å². The standard InChI is InChI=1S/C21H13Cl2F3N4O/c1-11-5-7-12(8-6-11)16-9-17(21(24,25)26)30-19(28-16)13(10-27-30)20(31)29-15-4-2-3-14(22)18(15)23/h2-10H,1H3,(H,29,31). The first kappa shape index (κ1) is 21.1. The zero-order chi connectivity index (χ0) is 22.3. The van der Waals surface area contributed by atoms with Crippen molar-refractivity contribution < 1.29 is 18.0 Å². The third kappa shape index (κ3) is 4.08. The van der Waals surface area contributed by atoms with Gasteiger partial charge in [-0.1, -0.05) is 59.1 Å². The Morgan fingerprint density at radius 2 is 1.81 bits per heavy atom. The molecule has 2 aromatic carbocycles. The molecule has 2 aromatic heterocycles. The number of aromatic nitrogens is 3. The Bertz CT molecular complexity index is 1300. The fraction of sp³-hybridized carbons (Fsp3) is 0.0952. The number of benzene rings is 2. The van der Waals surface area contributed by atoms with Crippen LogP contribution in [0.25, 0.3) is 16.9 Å². The van der Waals surface area contributed by atoms with Crippen molar-refractivity contribution in [3.05, 3.63) is 81.6 Å².